The van der Waals surface area contributed by atoms with Crippen LogP contribution in [0.4, 0.5) is 4.79 Å². The molecule has 2 saturated heterocycles. The molecule has 7 heteroatoms. The molecule has 1 aromatic carbocycles. The number of carbonyl (C=O) groups is 1. The van der Waals surface area contributed by atoms with E-state index in [1.165, 1.54) is 22.0 Å². The number of hydrogen-bond donors (Lipinski definition) is 2. The van der Waals surface area contributed by atoms with Crippen LogP contribution in [0.1, 0.15) is 23.5 Å². The van der Waals surface area contributed by atoms with E-state index in [2.05, 4.69) is 51.5 Å². The summed E-state index contributed by atoms with van der Waals surface area (Å²) in [6.07, 6.45) is 4.04. The second-order valence-electron chi connectivity index (χ2n) is 8.98. The molecule has 3 aliphatic rings. The Morgan fingerprint density at radius 3 is 3.07 bits per heavy atom. The first kappa shape index (κ1) is 19.8. The summed E-state index contributed by atoms with van der Waals surface area (Å²) in [6.45, 7) is 6.33. The molecule has 2 aromatic rings. The van der Waals surface area contributed by atoms with Crippen LogP contribution in [0.5, 0.6) is 0 Å². The van der Waals surface area contributed by atoms with Gasteiger partial charge in [-0.3, -0.25) is 4.90 Å². The second-order valence-corrected chi connectivity index (χ2v) is 8.98. The molecule has 3 atom stereocenters. The van der Waals surface area contributed by atoms with Gasteiger partial charge in [0.25, 0.3) is 0 Å². The number of morpholine rings is 1. The summed E-state index contributed by atoms with van der Waals surface area (Å²) in [5.74, 6) is 0.853. The average molecular weight is 413 g/mol. The number of hydrogen-bond acceptors (Lipinski definition) is 5. The smallest absolute Gasteiger partial charge is 0.407 e. The topological polar surface area (TPSA) is 69.8 Å². The number of likely N-dealkylation sites (N-methyl/N-ethyl adjacent to an activating group) is 1. The maximum atomic E-state index is 12.2. The van der Waals surface area contributed by atoms with Crippen LogP contribution in [-0.2, 0) is 15.9 Å². The Kier molecular flexibility index (Phi) is 5.67. The molecule has 0 radical (unpaired) electrons. The molecule has 2 aliphatic heterocycles. The maximum absolute atomic E-state index is 12.2. The lowest BCUT2D eigenvalue weighted by molar-refractivity contribution is 0.0375. The molecule has 2 fully saturated rings. The van der Waals surface area contributed by atoms with Gasteiger partial charge in [0.05, 0.1) is 19.8 Å². The number of piperidine rings is 1. The first-order valence-corrected chi connectivity index (χ1v) is 11.2. The molecule has 0 bridgehead atoms. The van der Waals surface area contributed by atoms with Crippen molar-refractivity contribution < 1.29 is 14.3 Å². The molecule has 1 amide bonds. The molecule has 7 nitrogen and oxygen atoms in total. The first-order valence-electron chi connectivity index (χ1n) is 11.2. The van der Waals surface area contributed by atoms with E-state index in [4.69, 9.17) is 9.47 Å². The van der Waals surface area contributed by atoms with Gasteiger partial charge in [-0.2, -0.15) is 0 Å². The molecule has 30 heavy (non-hydrogen) atoms. The van der Waals surface area contributed by atoms with Crippen molar-refractivity contribution in [2.45, 2.75) is 24.8 Å². The van der Waals surface area contributed by atoms with E-state index in [0.29, 0.717) is 31.0 Å². The highest BCUT2D eigenvalue weighted by Gasteiger charge is 2.39. The van der Waals surface area contributed by atoms with Crippen LogP contribution >= 0.6 is 0 Å². The second kappa shape index (κ2) is 8.57. The van der Waals surface area contributed by atoms with Crippen LogP contribution in [0.25, 0.3) is 10.9 Å². The molecular weight excluding hydrogens is 380 g/mol. The van der Waals surface area contributed by atoms with Gasteiger partial charge in [0.2, 0.25) is 0 Å². The average Bonchev–Trinajstić information content (AvgIpc) is 3.18. The van der Waals surface area contributed by atoms with Gasteiger partial charge < -0.3 is 24.7 Å². The Labute approximate surface area is 177 Å². The summed E-state index contributed by atoms with van der Waals surface area (Å²) >= 11 is 0. The van der Waals surface area contributed by atoms with E-state index in [9.17, 15) is 4.79 Å². The minimum Gasteiger partial charge on any atom is -0.449 e. The predicted octanol–water partition coefficient (Wildman–Crippen LogP) is 2.19. The number of H-pyrrole nitrogens is 1. The molecule has 1 aliphatic carbocycles. The number of rotatable bonds is 5. The zero-order valence-electron chi connectivity index (χ0n) is 17.7. The summed E-state index contributed by atoms with van der Waals surface area (Å²) in [4.78, 5) is 20.4. The number of nitrogens with one attached hydrogen (secondary N) is 2. The Morgan fingerprint density at radius 1 is 1.33 bits per heavy atom. The van der Waals surface area contributed by atoms with Crippen LogP contribution in [0.15, 0.2) is 24.4 Å². The Hall–Kier alpha value is -2.09. The van der Waals surface area contributed by atoms with Crippen molar-refractivity contribution in [1.82, 2.24) is 20.1 Å². The summed E-state index contributed by atoms with van der Waals surface area (Å²) < 4.78 is 11.0. The number of alkyl carbamates (subject to hydrolysis) is 1. The maximum Gasteiger partial charge on any atom is 0.407 e. The molecule has 3 heterocycles. The Balaban J connectivity index is 1.15. The van der Waals surface area contributed by atoms with Crippen LogP contribution in [-0.4, -0.2) is 86.5 Å². The van der Waals surface area contributed by atoms with Crippen molar-refractivity contribution in [3.8, 4) is 0 Å². The van der Waals surface area contributed by atoms with Gasteiger partial charge in [0.1, 0.15) is 0 Å². The summed E-state index contributed by atoms with van der Waals surface area (Å²) in [7, 11) is 2.21. The molecule has 0 spiro atoms. The summed E-state index contributed by atoms with van der Waals surface area (Å²) in [6, 6.07) is 7.13. The van der Waals surface area contributed by atoms with E-state index in [1.807, 2.05) is 0 Å². The number of likely N-dealkylation sites (tertiary alicyclic amines) is 1. The number of amides is 1. The van der Waals surface area contributed by atoms with Gasteiger partial charge in [-0.15, -0.1) is 0 Å². The van der Waals surface area contributed by atoms with Crippen LogP contribution in [0.2, 0.25) is 0 Å². The van der Waals surface area contributed by atoms with Crippen molar-refractivity contribution in [3.63, 3.8) is 0 Å². The van der Waals surface area contributed by atoms with Gasteiger partial charge in [-0.1, -0.05) is 12.1 Å². The number of aromatic nitrogens is 1. The van der Waals surface area contributed by atoms with E-state index < -0.39 is 0 Å². The molecule has 162 valence electrons. The third-order valence-corrected chi connectivity index (χ3v) is 7.06. The Bertz CT molecular complexity index is 892. The third kappa shape index (κ3) is 3.94. The molecule has 1 unspecified atom stereocenters. The van der Waals surface area contributed by atoms with Crippen molar-refractivity contribution in [3.05, 3.63) is 35.5 Å². The minimum absolute atomic E-state index is 0.299. The number of aromatic amines is 1. The molecule has 0 saturated carbocycles. The van der Waals surface area contributed by atoms with Crippen LogP contribution < -0.4 is 5.32 Å². The normalized spacial score (nSPS) is 27.0. The fourth-order valence-corrected chi connectivity index (χ4v) is 5.56. The summed E-state index contributed by atoms with van der Waals surface area (Å²) in [5.41, 5.74) is 4.12. The highest BCUT2D eigenvalue weighted by atomic mass is 16.5. The van der Waals surface area contributed by atoms with Crippen LogP contribution in [0.3, 0.4) is 0 Å². The van der Waals surface area contributed by atoms with E-state index in [1.54, 1.807) is 0 Å². The molecular formula is C23H32N4O3. The minimum atomic E-state index is -0.299. The standard InChI is InChI=1S/C23H32N4O3/c1-26-14-16(15-30-23(28)24-5-6-27-7-9-29-10-8-27)11-19-18-3-2-4-20-22(18)17(13-25-20)12-21(19)26/h2-4,13,16,19,21,25H,5-12,14-15H2,1H3,(H,24,28)/t16-,19?,21-/m1/s1. The van der Waals surface area contributed by atoms with Gasteiger partial charge in [-0.25, -0.2) is 4.79 Å². The highest BCUT2D eigenvalue weighted by molar-refractivity contribution is 5.88. The monoisotopic (exact) mass is 412 g/mol. The first-order chi connectivity index (χ1) is 14.7. The van der Waals surface area contributed by atoms with Gasteiger partial charge in [0.15, 0.2) is 0 Å². The van der Waals surface area contributed by atoms with Gasteiger partial charge in [-0.05, 0) is 37.1 Å². The lowest BCUT2D eigenvalue weighted by atomic mass is 9.72. The van der Waals surface area contributed by atoms with Crippen molar-refractivity contribution in [2.75, 3.05) is 59.6 Å². The van der Waals surface area contributed by atoms with Crippen molar-refractivity contribution in [1.29, 1.82) is 0 Å². The number of carbonyl (C=O) groups excluding carboxylic acids is 1. The highest BCUT2D eigenvalue weighted by Crippen LogP contribution is 2.44. The van der Waals surface area contributed by atoms with Gasteiger partial charge in [0, 0.05) is 67.7 Å². The molecule has 1 aromatic heterocycles. The van der Waals surface area contributed by atoms with E-state index in [-0.39, 0.29) is 6.09 Å². The summed E-state index contributed by atoms with van der Waals surface area (Å²) in [5, 5.41) is 4.31. The number of ether oxygens (including phenoxy) is 2. The molecule has 2 N–H and O–H groups in total. The third-order valence-electron chi connectivity index (χ3n) is 7.06. The van der Waals surface area contributed by atoms with E-state index in [0.717, 1.165) is 52.2 Å². The largest absolute Gasteiger partial charge is 0.449 e. The SMILES string of the molecule is CN1C[C@H](COC(=O)NCCN2CCOCC2)CC2c3cccc4[nH]cc(c34)C[C@H]21. The Morgan fingerprint density at radius 2 is 2.20 bits per heavy atom. The predicted molar refractivity (Wildman–Crippen MR) is 116 cm³/mol. The van der Waals surface area contributed by atoms with E-state index >= 15 is 0 Å². The van der Waals surface area contributed by atoms with Gasteiger partial charge >= 0.3 is 6.09 Å². The lowest BCUT2D eigenvalue weighted by Gasteiger charge is -2.45. The lowest BCUT2D eigenvalue weighted by Crippen LogP contribution is -2.49. The van der Waals surface area contributed by atoms with Crippen LogP contribution in [0, 0.1) is 5.92 Å². The number of fused-ring (bicyclic) bond motifs is 2. The fourth-order valence-electron chi connectivity index (χ4n) is 5.56. The molecule has 5 rings (SSSR count). The fraction of sp³-hybridized carbons (Fsp3) is 0.609. The van der Waals surface area contributed by atoms with Crippen molar-refractivity contribution >= 4 is 17.0 Å². The zero-order valence-corrected chi connectivity index (χ0v) is 17.7. The number of nitrogens with zero attached hydrogens (tertiary/aromatic N) is 2. The zero-order chi connectivity index (χ0) is 20.5. The quantitative estimate of drug-likeness (QED) is 0.788. The number of benzene rings is 1. The van der Waals surface area contributed by atoms with Crippen molar-refractivity contribution in [2.24, 2.45) is 5.92 Å².